The summed E-state index contributed by atoms with van der Waals surface area (Å²) in [6.07, 6.45) is 3.35. The zero-order valence-corrected chi connectivity index (χ0v) is 15.8. The molecule has 7 heteroatoms. The van der Waals surface area contributed by atoms with Crippen molar-refractivity contribution in [1.82, 2.24) is 10.3 Å². The third kappa shape index (κ3) is 5.38. The Labute approximate surface area is 167 Å². The number of carbonyl (C=O) groups is 2. The van der Waals surface area contributed by atoms with E-state index in [0.717, 1.165) is 5.56 Å². The Kier molecular flexibility index (Phi) is 6.52. The van der Waals surface area contributed by atoms with Crippen molar-refractivity contribution in [1.29, 1.82) is 0 Å². The molecule has 0 aliphatic heterocycles. The average molecular weight is 393 g/mol. The van der Waals surface area contributed by atoms with Crippen LogP contribution in [0.2, 0.25) is 0 Å². The Hall–Kier alpha value is -3.74. The van der Waals surface area contributed by atoms with Gasteiger partial charge in [-0.25, -0.2) is 4.39 Å². The summed E-state index contributed by atoms with van der Waals surface area (Å²) >= 11 is 0. The first kappa shape index (κ1) is 20.0. The molecule has 0 saturated carbocycles. The van der Waals surface area contributed by atoms with E-state index in [2.05, 4.69) is 15.6 Å². The summed E-state index contributed by atoms with van der Waals surface area (Å²) < 4.78 is 18.1. The number of carbonyl (C=O) groups excluding carboxylic acids is 2. The van der Waals surface area contributed by atoms with Gasteiger partial charge in [-0.1, -0.05) is 24.3 Å². The van der Waals surface area contributed by atoms with Gasteiger partial charge in [-0.3, -0.25) is 14.6 Å². The third-order valence-electron chi connectivity index (χ3n) is 4.23. The number of rotatable bonds is 7. The van der Waals surface area contributed by atoms with Crippen molar-refractivity contribution >= 4 is 17.5 Å². The molecule has 2 aromatic carbocycles. The minimum Gasteiger partial charge on any atom is -0.495 e. The molecule has 0 saturated heterocycles. The van der Waals surface area contributed by atoms with Gasteiger partial charge in [0.1, 0.15) is 11.6 Å². The first-order valence-electron chi connectivity index (χ1n) is 8.99. The summed E-state index contributed by atoms with van der Waals surface area (Å²) in [5.41, 5.74) is 1.96. The first-order chi connectivity index (χ1) is 14.1. The normalized spacial score (nSPS) is 10.3. The Morgan fingerprint density at radius 1 is 1.00 bits per heavy atom. The smallest absolute Gasteiger partial charge is 0.257 e. The van der Waals surface area contributed by atoms with E-state index in [-0.39, 0.29) is 22.9 Å². The van der Waals surface area contributed by atoms with Gasteiger partial charge in [0.15, 0.2) is 0 Å². The van der Waals surface area contributed by atoms with Gasteiger partial charge in [0.25, 0.3) is 11.8 Å². The number of para-hydroxylation sites is 2. The number of hydrogen-bond acceptors (Lipinski definition) is 4. The molecular weight excluding hydrogens is 373 g/mol. The largest absolute Gasteiger partial charge is 0.495 e. The zero-order chi connectivity index (χ0) is 20.6. The van der Waals surface area contributed by atoms with Crippen LogP contribution in [0.5, 0.6) is 5.75 Å². The minimum absolute atomic E-state index is 0.252. The number of hydrogen-bond donors (Lipinski definition) is 2. The van der Waals surface area contributed by atoms with Crippen LogP contribution in [-0.4, -0.2) is 30.5 Å². The molecule has 0 fully saturated rings. The molecule has 3 rings (SSSR count). The minimum atomic E-state index is -0.400. The second kappa shape index (κ2) is 9.45. The van der Waals surface area contributed by atoms with E-state index >= 15 is 0 Å². The van der Waals surface area contributed by atoms with Crippen molar-refractivity contribution in [3.63, 3.8) is 0 Å². The van der Waals surface area contributed by atoms with Crippen LogP contribution in [0.3, 0.4) is 0 Å². The molecule has 6 nitrogen and oxygen atoms in total. The van der Waals surface area contributed by atoms with Gasteiger partial charge in [-0.15, -0.1) is 0 Å². The number of amides is 2. The van der Waals surface area contributed by atoms with E-state index in [0.29, 0.717) is 24.4 Å². The molecule has 0 aliphatic carbocycles. The van der Waals surface area contributed by atoms with Crippen LogP contribution in [0, 0.1) is 5.82 Å². The fraction of sp³-hybridized carbons (Fsp3) is 0.136. The number of benzene rings is 2. The standard InChI is InChI=1S/C22H20FN3O3/c1-29-20-5-3-2-4-19(20)26-22(28)17-12-16(13-24-14-17)21(27)25-11-10-15-6-8-18(23)9-7-15/h2-9,12-14H,10-11H2,1H3,(H,25,27)(H,26,28). The van der Waals surface area contributed by atoms with E-state index in [4.69, 9.17) is 4.74 Å². The van der Waals surface area contributed by atoms with Crippen molar-refractivity contribution in [3.8, 4) is 5.75 Å². The molecule has 0 bridgehead atoms. The van der Waals surface area contributed by atoms with Gasteiger partial charge < -0.3 is 15.4 Å². The number of aromatic nitrogens is 1. The lowest BCUT2D eigenvalue weighted by molar-refractivity contribution is 0.0953. The summed E-state index contributed by atoms with van der Waals surface area (Å²) in [6, 6.07) is 14.6. The van der Waals surface area contributed by atoms with Crippen LogP contribution in [0.4, 0.5) is 10.1 Å². The Morgan fingerprint density at radius 3 is 2.41 bits per heavy atom. The average Bonchev–Trinajstić information content (AvgIpc) is 2.75. The van der Waals surface area contributed by atoms with Crippen LogP contribution in [0.25, 0.3) is 0 Å². The van der Waals surface area contributed by atoms with Gasteiger partial charge in [0.2, 0.25) is 0 Å². The lowest BCUT2D eigenvalue weighted by Crippen LogP contribution is -2.26. The van der Waals surface area contributed by atoms with E-state index in [1.54, 1.807) is 36.4 Å². The molecule has 0 unspecified atom stereocenters. The zero-order valence-electron chi connectivity index (χ0n) is 15.8. The van der Waals surface area contributed by atoms with Crippen molar-refractivity contribution in [2.24, 2.45) is 0 Å². The van der Waals surface area contributed by atoms with E-state index in [1.807, 2.05) is 0 Å². The molecule has 148 valence electrons. The number of nitrogens with one attached hydrogen (secondary N) is 2. The van der Waals surface area contributed by atoms with Crippen LogP contribution < -0.4 is 15.4 Å². The number of ether oxygens (including phenoxy) is 1. The molecule has 1 aromatic heterocycles. The molecule has 0 spiro atoms. The van der Waals surface area contributed by atoms with E-state index < -0.39 is 5.91 Å². The monoisotopic (exact) mass is 393 g/mol. The summed E-state index contributed by atoms with van der Waals surface area (Å²) in [5, 5.41) is 5.52. The predicted octanol–water partition coefficient (Wildman–Crippen LogP) is 3.45. The van der Waals surface area contributed by atoms with E-state index in [9.17, 15) is 14.0 Å². The van der Waals surface area contributed by atoms with Crippen molar-refractivity contribution in [2.45, 2.75) is 6.42 Å². The number of nitrogens with zero attached hydrogens (tertiary/aromatic N) is 1. The summed E-state index contributed by atoms with van der Waals surface area (Å²) in [4.78, 5) is 28.9. The van der Waals surface area contributed by atoms with Gasteiger partial charge in [0, 0.05) is 18.9 Å². The number of pyridine rings is 1. The fourth-order valence-corrected chi connectivity index (χ4v) is 2.70. The van der Waals surface area contributed by atoms with Gasteiger partial charge >= 0.3 is 0 Å². The van der Waals surface area contributed by atoms with Gasteiger partial charge in [0.05, 0.1) is 23.9 Å². The molecule has 1 heterocycles. The molecule has 0 aliphatic rings. The fourth-order valence-electron chi connectivity index (χ4n) is 2.70. The highest BCUT2D eigenvalue weighted by Gasteiger charge is 2.13. The molecule has 29 heavy (non-hydrogen) atoms. The Balaban J connectivity index is 1.61. The van der Waals surface area contributed by atoms with E-state index in [1.165, 1.54) is 37.7 Å². The Bertz CT molecular complexity index is 1010. The molecule has 2 amide bonds. The highest BCUT2D eigenvalue weighted by atomic mass is 19.1. The SMILES string of the molecule is COc1ccccc1NC(=O)c1cncc(C(=O)NCCc2ccc(F)cc2)c1. The van der Waals surface area contributed by atoms with Crippen LogP contribution >= 0.6 is 0 Å². The van der Waals surface area contributed by atoms with Crippen molar-refractivity contribution in [3.05, 3.63) is 89.5 Å². The number of methoxy groups -OCH3 is 1. The maximum atomic E-state index is 12.9. The summed E-state index contributed by atoms with van der Waals surface area (Å²) in [5.74, 6) is -0.509. The maximum Gasteiger partial charge on any atom is 0.257 e. The highest BCUT2D eigenvalue weighted by Crippen LogP contribution is 2.23. The van der Waals surface area contributed by atoms with Crippen LogP contribution in [0.1, 0.15) is 26.3 Å². The number of anilines is 1. The topological polar surface area (TPSA) is 80.3 Å². The van der Waals surface area contributed by atoms with Crippen molar-refractivity contribution < 1.29 is 18.7 Å². The lowest BCUT2D eigenvalue weighted by Gasteiger charge is -2.10. The molecule has 2 N–H and O–H groups in total. The number of halogens is 1. The first-order valence-corrected chi connectivity index (χ1v) is 8.99. The molecule has 3 aromatic rings. The summed E-state index contributed by atoms with van der Waals surface area (Å²) in [6.45, 7) is 0.377. The molecule has 0 radical (unpaired) electrons. The second-order valence-corrected chi connectivity index (χ2v) is 6.25. The van der Waals surface area contributed by atoms with Gasteiger partial charge in [-0.2, -0.15) is 0 Å². The second-order valence-electron chi connectivity index (χ2n) is 6.25. The third-order valence-corrected chi connectivity index (χ3v) is 4.23. The van der Waals surface area contributed by atoms with Crippen LogP contribution in [0.15, 0.2) is 67.0 Å². The quantitative estimate of drug-likeness (QED) is 0.644. The molecular formula is C22H20FN3O3. The summed E-state index contributed by atoms with van der Waals surface area (Å²) in [7, 11) is 1.52. The van der Waals surface area contributed by atoms with Gasteiger partial charge in [-0.05, 0) is 42.3 Å². The maximum absolute atomic E-state index is 12.9. The highest BCUT2D eigenvalue weighted by molar-refractivity contribution is 6.06. The molecule has 0 atom stereocenters. The Morgan fingerprint density at radius 2 is 1.69 bits per heavy atom. The van der Waals surface area contributed by atoms with Crippen LogP contribution in [-0.2, 0) is 6.42 Å². The predicted molar refractivity (Wildman–Crippen MR) is 108 cm³/mol. The lowest BCUT2D eigenvalue weighted by atomic mass is 10.1. The van der Waals surface area contributed by atoms with Crippen molar-refractivity contribution in [2.75, 3.05) is 19.0 Å².